The smallest absolute Gasteiger partial charge is 0.247 e. The number of halogens is 1. The molecule has 3 aromatic rings. The molecule has 0 unspecified atom stereocenters. The van der Waals surface area contributed by atoms with Gasteiger partial charge >= 0.3 is 0 Å². The minimum absolute atomic E-state index is 0.504. The van der Waals surface area contributed by atoms with Gasteiger partial charge in [0.1, 0.15) is 5.75 Å². The molecule has 3 rings (SSSR count). The molecule has 124 valence electrons. The minimum atomic E-state index is 0.504. The maximum atomic E-state index is 6.01. The normalized spacial score (nSPS) is 11.0. The highest BCUT2D eigenvalue weighted by molar-refractivity contribution is 6.30. The third-order valence-electron chi connectivity index (χ3n) is 3.55. The zero-order chi connectivity index (χ0) is 16.9. The molecule has 0 aliphatic carbocycles. The number of hydrogen-bond acceptors (Lipinski definition) is 5. The van der Waals surface area contributed by atoms with E-state index in [0.717, 1.165) is 28.4 Å². The van der Waals surface area contributed by atoms with Crippen LogP contribution in [0, 0.1) is 0 Å². The Morgan fingerprint density at radius 2 is 1.88 bits per heavy atom. The first-order valence-corrected chi connectivity index (χ1v) is 7.91. The van der Waals surface area contributed by atoms with Gasteiger partial charge in [0.05, 0.1) is 13.7 Å². The fraction of sp³-hybridized carbons (Fsp3) is 0.222. The number of rotatable bonds is 6. The second-order valence-corrected chi connectivity index (χ2v) is 5.97. The minimum Gasteiger partial charge on any atom is -0.497 e. The molecule has 5 nitrogen and oxygen atoms in total. The summed E-state index contributed by atoms with van der Waals surface area (Å²) in [6.45, 7) is 1.32. The van der Waals surface area contributed by atoms with Crippen molar-refractivity contribution in [1.29, 1.82) is 0 Å². The molecule has 1 heterocycles. The van der Waals surface area contributed by atoms with Gasteiger partial charge in [-0.2, -0.15) is 0 Å². The number of nitrogens with zero attached hydrogens (tertiary/aromatic N) is 3. The number of methoxy groups -OCH3 is 1. The monoisotopic (exact) mass is 343 g/mol. The predicted octanol–water partition coefficient (Wildman–Crippen LogP) is 4.03. The van der Waals surface area contributed by atoms with E-state index in [-0.39, 0.29) is 0 Å². The molecule has 0 spiro atoms. The zero-order valence-corrected chi connectivity index (χ0v) is 14.3. The molecule has 0 amide bonds. The molecule has 0 N–H and O–H groups in total. The van der Waals surface area contributed by atoms with Crippen molar-refractivity contribution >= 4 is 11.6 Å². The van der Waals surface area contributed by atoms with Crippen molar-refractivity contribution < 1.29 is 9.15 Å². The van der Waals surface area contributed by atoms with Crippen LogP contribution in [0.1, 0.15) is 11.5 Å². The largest absolute Gasteiger partial charge is 0.497 e. The second-order valence-electron chi connectivity index (χ2n) is 5.53. The standard InChI is InChI=1S/C18H18ClN3O2/c1-22(11-13-4-3-5-15(19)10-13)12-17-20-21-18(24-17)14-6-8-16(23-2)9-7-14/h3-10H,11-12H2,1-2H3. The summed E-state index contributed by atoms with van der Waals surface area (Å²) in [6, 6.07) is 15.3. The third kappa shape index (κ3) is 4.13. The molecule has 0 saturated heterocycles. The lowest BCUT2D eigenvalue weighted by atomic mass is 10.2. The molecule has 0 radical (unpaired) electrons. The lowest BCUT2D eigenvalue weighted by Crippen LogP contribution is -2.17. The van der Waals surface area contributed by atoms with Gasteiger partial charge in [0.2, 0.25) is 11.8 Å². The molecule has 0 aliphatic rings. The molecule has 6 heteroatoms. The van der Waals surface area contributed by atoms with Crippen molar-refractivity contribution in [2.24, 2.45) is 0 Å². The molecule has 24 heavy (non-hydrogen) atoms. The fourth-order valence-corrected chi connectivity index (χ4v) is 2.61. The van der Waals surface area contributed by atoms with Gasteiger partial charge in [0, 0.05) is 17.1 Å². The van der Waals surface area contributed by atoms with Crippen LogP contribution in [0.4, 0.5) is 0 Å². The number of benzene rings is 2. The van der Waals surface area contributed by atoms with Crippen LogP contribution >= 0.6 is 11.6 Å². The van der Waals surface area contributed by atoms with Crippen molar-refractivity contribution in [3.63, 3.8) is 0 Å². The number of aromatic nitrogens is 2. The van der Waals surface area contributed by atoms with Gasteiger partial charge < -0.3 is 9.15 Å². The Kier molecular flexibility index (Phi) is 5.13. The van der Waals surface area contributed by atoms with E-state index >= 15 is 0 Å². The summed E-state index contributed by atoms with van der Waals surface area (Å²) in [5.41, 5.74) is 2.01. The van der Waals surface area contributed by atoms with Gasteiger partial charge in [0.15, 0.2) is 0 Å². The van der Waals surface area contributed by atoms with Crippen LogP contribution in [-0.4, -0.2) is 29.3 Å². The van der Waals surface area contributed by atoms with Crippen molar-refractivity contribution in [3.05, 3.63) is 65.0 Å². The maximum absolute atomic E-state index is 6.01. The SMILES string of the molecule is COc1ccc(-c2nnc(CN(C)Cc3cccc(Cl)c3)o2)cc1. The van der Waals surface area contributed by atoms with Crippen molar-refractivity contribution in [3.8, 4) is 17.2 Å². The topological polar surface area (TPSA) is 51.4 Å². The summed E-state index contributed by atoms with van der Waals surface area (Å²) in [6.07, 6.45) is 0. The summed E-state index contributed by atoms with van der Waals surface area (Å²) in [5, 5.41) is 8.97. The van der Waals surface area contributed by atoms with E-state index in [1.54, 1.807) is 7.11 Å². The maximum Gasteiger partial charge on any atom is 0.247 e. The Morgan fingerprint density at radius 3 is 2.58 bits per heavy atom. The first-order valence-electron chi connectivity index (χ1n) is 7.54. The van der Waals surface area contributed by atoms with Gasteiger partial charge in [-0.3, -0.25) is 4.90 Å². The molecule has 0 saturated carbocycles. The average Bonchev–Trinajstić information content (AvgIpc) is 3.03. The van der Waals surface area contributed by atoms with Crippen molar-refractivity contribution in [2.75, 3.05) is 14.2 Å². The van der Waals surface area contributed by atoms with Crippen LogP contribution < -0.4 is 4.74 Å². The third-order valence-corrected chi connectivity index (χ3v) is 3.79. The molecule has 0 bridgehead atoms. The van der Waals surface area contributed by atoms with E-state index in [2.05, 4.69) is 15.1 Å². The predicted molar refractivity (Wildman–Crippen MR) is 92.9 cm³/mol. The summed E-state index contributed by atoms with van der Waals surface area (Å²) in [7, 11) is 3.63. The van der Waals surface area contributed by atoms with Crippen LogP contribution in [-0.2, 0) is 13.1 Å². The molecule has 2 aromatic carbocycles. The molecule has 0 fully saturated rings. The Bertz CT molecular complexity index is 802. The summed E-state index contributed by atoms with van der Waals surface area (Å²) in [5.74, 6) is 1.87. The Labute approximate surface area is 145 Å². The number of hydrogen-bond donors (Lipinski definition) is 0. The number of ether oxygens (including phenoxy) is 1. The zero-order valence-electron chi connectivity index (χ0n) is 13.6. The highest BCUT2D eigenvalue weighted by Crippen LogP contribution is 2.21. The second kappa shape index (κ2) is 7.47. The highest BCUT2D eigenvalue weighted by Gasteiger charge is 2.11. The van der Waals surface area contributed by atoms with Gasteiger partial charge in [-0.25, -0.2) is 0 Å². The Hall–Kier alpha value is -2.37. The van der Waals surface area contributed by atoms with E-state index in [0.29, 0.717) is 18.3 Å². The van der Waals surface area contributed by atoms with Gasteiger partial charge in [0.25, 0.3) is 0 Å². The first-order chi connectivity index (χ1) is 11.6. The van der Waals surface area contributed by atoms with E-state index in [4.69, 9.17) is 20.8 Å². The Morgan fingerprint density at radius 1 is 1.08 bits per heavy atom. The van der Waals surface area contributed by atoms with Gasteiger partial charge in [-0.05, 0) is 49.0 Å². The quantitative estimate of drug-likeness (QED) is 0.676. The van der Waals surface area contributed by atoms with Crippen LogP contribution in [0.15, 0.2) is 52.9 Å². The van der Waals surface area contributed by atoms with Crippen LogP contribution in [0.25, 0.3) is 11.5 Å². The van der Waals surface area contributed by atoms with Crippen LogP contribution in [0.3, 0.4) is 0 Å². The van der Waals surface area contributed by atoms with E-state index in [9.17, 15) is 0 Å². The molecule has 0 atom stereocenters. The summed E-state index contributed by atoms with van der Waals surface area (Å²) >= 11 is 6.01. The van der Waals surface area contributed by atoms with E-state index < -0.39 is 0 Å². The molecular formula is C18H18ClN3O2. The van der Waals surface area contributed by atoms with Gasteiger partial charge in [-0.1, -0.05) is 23.7 Å². The summed E-state index contributed by atoms with van der Waals surface area (Å²) < 4.78 is 10.9. The van der Waals surface area contributed by atoms with Crippen LogP contribution in [0.5, 0.6) is 5.75 Å². The van der Waals surface area contributed by atoms with E-state index in [1.807, 2.05) is 55.6 Å². The van der Waals surface area contributed by atoms with Crippen molar-refractivity contribution in [2.45, 2.75) is 13.1 Å². The average molecular weight is 344 g/mol. The molecule has 1 aromatic heterocycles. The Balaban J connectivity index is 1.64. The lowest BCUT2D eigenvalue weighted by molar-refractivity contribution is 0.283. The lowest BCUT2D eigenvalue weighted by Gasteiger charge is -2.14. The fourth-order valence-electron chi connectivity index (χ4n) is 2.40. The molecular weight excluding hydrogens is 326 g/mol. The highest BCUT2D eigenvalue weighted by atomic mass is 35.5. The molecule has 0 aliphatic heterocycles. The van der Waals surface area contributed by atoms with Gasteiger partial charge in [-0.15, -0.1) is 10.2 Å². The first kappa shape index (κ1) is 16.5. The van der Waals surface area contributed by atoms with Crippen LogP contribution in [0.2, 0.25) is 5.02 Å². The van der Waals surface area contributed by atoms with E-state index in [1.165, 1.54) is 0 Å². The van der Waals surface area contributed by atoms with Crippen molar-refractivity contribution in [1.82, 2.24) is 15.1 Å². The summed E-state index contributed by atoms with van der Waals surface area (Å²) in [4.78, 5) is 2.09.